The first kappa shape index (κ1) is 14.5. The molecule has 1 fully saturated rings. The van der Waals surface area contributed by atoms with Crippen molar-refractivity contribution in [3.05, 3.63) is 35.9 Å². The van der Waals surface area contributed by atoms with Gasteiger partial charge in [0.15, 0.2) is 0 Å². The average molecular weight is 262 g/mol. The first-order valence-electron chi connectivity index (χ1n) is 7.37. The molecule has 106 valence electrons. The van der Waals surface area contributed by atoms with E-state index in [9.17, 15) is 0 Å². The van der Waals surface area contributed by atoms with Gasteiger partial charge in [-0.15, -0.1) is 0 Å². The quantitative estimate of drug-likeness (QED) is 0.760. The van der Waals surface area contributed by atoms with E-state index in [2.05, 4.69) is 40.5 Å². The summed E-state index contributed by atoms with van der Waals surface area (Å²) in [4.78, 5) is 2.58. The van der Waals surface area contributed by atoms with Crippen molar-refractivity contribution < 1.29 is 4.74 Å². The van der Waals surface area contributed by atoms with Crippen molar-refractivity contribution in [2.45, 2.75) is 25.3 Å². The van der Waals surface area contributed by atoms with E-state index >= 15 is 0 Å². The maximum absolute atomic E-state index is 5.07. The smallest absolute Gasteiger partial charge is 0.0587 e. The van der Waals surface area contributed by atoms with E-state index in [-0.39, 0.29) is 0 Å². The second kappa shape index (κ2) is 8.31. The second-order valence-electron chi connectivity index (χ2n) is 5.30. The molecule has 0 atom stereocenters. The van der Waals surface area contributed by atoms with Crippen LogP contribution in [-0.4, -0.2) is 50.8 Å². The molecule has 3 heteroatoms. The predicted molar refractivity (Wildman–Crippen MR) is 79.5 cm³/mol. The van der Waals surface area contributed by atoms with E-state index in [0.29, 0.717) is 6.04 Å². The number of rotatable bonds is 7. The topological polar surface area (TPSA) is 24.5 Å². The Labute approximate surface area is 116 Å². The molecular weight excluding hydrogens is 236 g/mol. The molecule has 19 heavy (non-hydrogen) atoms. The lowest BCUT2D eigenvalue weighted by atomic mass is 10.0. The largest absolute Gasteiger partial charge is 0.383 e. The minimum atomic E-state index is 0.683. The summed E-state index contributed by atoms with van der Waals surface area (Å²) in [5.74, 6) is 0. The zero-order chi connectivity index (χ0) is 13.3. The van der Waals surface area contributed by atoms with Gasteiger partial charge >= 0.3 is 0 Å². The highest BCUT2D eigenvalue weighted by atomic mass is 16.5. The predicted octanol–water partition coefficient (Wildman–Crippen LogP) is 1.93. The normalized spacial score (nSPS) is 17.7. The Hall–Kier alpha value is -0.900. The van der Waals surface area contributed by atoms with Gasteiger partial charge in [-0.05, 0) is 37.9 Å². The van der Waals surface area contributed by atoms with Gasteiger partial charge in [0.1, 0.15) is 0 Å². The van der Waals surface area contributed by atoms with Crippen LogP contribution < -0.4 is 5.32 Å². The van der Waals surface area contributed by atoms with Gasteiger partial charge in [-0.25, -0.2) is 0 Å². The minimum Gasteiger partial charge on any atom is -0.383 e. The number of ether oxygens (including phenoxy) is 1. The molecule has 1 aromatic carbocycles. The number of benzene rings is 1. The first-order valence-corrected chi connectivity index (χ1v) is 7.37. The van der Waals surface area contributed by atoms with Crippen LogP contribution in [0, 0.1) is 0 Å². The fraction of sp³-hybridized carbons (Fsp3) is 0.625. The summed E-state index contributed by atoms with van der Waals surface area (Å²) in [6.07, 6.45) is 3.69. The Balaban J connectivity index is 1.61. The van der Waals surface area contributed by atoms with Gasteiger partial charge in [-0.1, -0.05) is 30.3 Å². The summed E-state index contributed by atoms with van der Waals surface area (Å²) in [7, 11) is 1.76. The first-order chi connectivity index (χ1) is 9.38. The van der Waals surface area contributed by atoms with E-state index in [1.54, 1.807) is 7.11 Å². The van der Waals surface area contributed by atoms with E-state index in [4.69, 9.17) is 4.74 Å². The third kappa shape index (κ3) is 5.31. The van der Waals surface area contributed by atoms with Crippen LogP contribution >= 0.6 is 0 Å². The molecule has 0 radical (unpaired) electrons. The Bertz CT molecular complexity index is 334. The summed E-state index contributed by atoms with van der Waals surface area (Å²) in [5.41, 5.74) is 1.45. The molecule has 1 aromatic rings. The second-order valence-corrected chi connectivity index (χ2v) is 5.30. The van der Waals surface area contributed by atoms with Crippen LogP contribution in [0.1, 0.15) is 18.4 Å². The highest BCUT2D eigenvalue weighted by molar-refractivity contribution is 5.14. The van der Waals surface area contributed by atoms with Gasteiger partial charge < -0.3 is 15.0 Å². The van der Waals surface area contributed by atoms with E-state index < -0.39 is 0 Å². The molecule has 1 N–H and O–H groups in total. The lowest BCUT2D eigenvalue weighted by Crippen LogP contribution is -2.43. The molecule has 1 saturated heterocycles. The lowest BCUT2D eigenvalue weighted by Gasteiger charge is -2.32. The van der Waals surface area contributed by atoms with Gasteiger partial charge in [0.05, 0.1) is 6.61 Å². The number of piperidine rings is 1. The number of hydrogen-bond acceptors (Lipinski definition) is 3. The Morgan fingerprint density at radius 3 is 2.63 bits per heavy atom. The van der Waals surface area contributed by atoms with Crippen molar-refractivity contribution in [1.29, 1.82) is 0 Å². The monoisotopic (exact) mass is 262 g/mol. The number of nitrogens with one attached hydrogen (secondary N) is 1. The fourth-order valence-electron chi connectivity index (χ4n) is 2.66. The van der Waals surface area contributed by atoms with Crippen molar-refractivity contribution >= 4 is 0 Å². The lowest BCUT2D eigenvalue weighted by molar-refractivity contribution is 0.173. The van der Waals surface area contributed by atoms with Crippen LogP contribution in [0.3, 0.4) is 0 Å². The van der Waals surface area contributed by atoms with Crippen molar-refractivity contribution in [3.63, 3.8) is 0 Å². The number of hydrogen-bond donors (Lipinski definition) is 1. The molecule has 1 aliphatic heterocycles. The van der Waals surface area contributed by atoms with Gasteiger partial charge in [0.2, 0.25) is 0 Å². The van der Waals surface area contributed by atoms with Crippen LogP contribution in [0.2, 0.25) is 0 Å². The summed E-state index contributed by atoms with van der Waals surface area (Å²) >= 11 is 0. The summed E-state index contributed by atoms with van der Waals surface area (Å²) in [5, 5.41) is 3.57. The molecule has 1 aliphatic rings. The molecule has 0 aromatic heterocycles. The van der Waals surface area contributed by atoms with Gasteiger partial charge in [-0.2, -0.15) is 0 Å². The molecule has 0 bridgehead atoms. The fourth-order valence-corrected chi connectivity index (χ4v) is 2.66. The van der Waals surface area contributed by atoms with Gasteiger partial charge in [0, 0.05) is 26.2 Å². The molecule has 1 heterocycles. The summed E-state index contributed by atoms with van der Waals surface area (Å²) in [6, 6.07) is 11.5. The minimum absolute atomic E-state index is 0.683. The molecular formula is C16H26N2O. The van der Waals surface area contributed by atoms with Crippen molar-refractivity contribution in [2.75, 3.05) is 39.9 Å². The molecule has 2 rings (SSSR count). The van der Waals surface area contributed by atoms with Crippen LogP contribution in [0.5, 0.6) is 0 Å². The van der Waals surface area contributed by atoms with Gasteiger partial charge in [0.25, 0.3) is 0 Å². The van der Waals surface area contributed by atoms with Crippen LogP contribution in [-0.2, 0) is 11.2 Å². The van der Waals surface area contributed by atoms with Crippen LogP contribution in [0.25, 0.3) is 0 Å². The Morgan fingerprint density at radius 1 is 1.21 bits per heavy atom. The Kier molecular flexibility index (Phi) is 6.34. The zero-order valence-electron chi connectivity index (χ0n) is 12.0. The van der Waals surface area contributed by atoms with Crippen LogP contribution in [0.15, 0.2) is 30.3 Å². The van der Waals surface area contributed by atoms with Crippen LogP contribution in [0.4, 0.5) is 0 Å². The highest BCUT2D eigenvalue weighted by Crippen LogP contribution is 2.11. The molecule has 3 nitrogen and oxygen atoms in total. The van der Waals surface area contributed by atoms with Crippen molar-refractivity contribution in [2.24, 2.45) is 0 Å². The molecule has 0 aliphatic carbocycles. The molecule has 0 saturated carbocycles. The average Bonchev–Trinajstić information content (AvgIpc) is 2.48. The maximum Gasteiger partial charge on any atom is 0.0587 e. The molecule has 0 amide bonds. The standard InChI is InChI=1S/C16H26N2O/c1-19-14-10-17-16-8-12-18(13-9-16)11-7-15-5-3-2-4-6-15/h2-6,16-17H,7-14H2,1H3. The van der Waals surface area contributed by atoms with Crippen molar-refractivity contribution in [1.82, 2.24) is 10.2 Å². The SMILES string of the molecule is COCCNC1CCN(CCc2ccccc2)CC1. The number of methoxy groups -OCH3 is 1. The van der Waals surface area contributed by atoms with Crippen molar-refractivity contribution in [3.8, 4) is 0 Å². The van der Waals surface area contributed by atoms with Gasteiger partial charge in [-0.3, -0.25) is 0 Å². The summed E-state index contributed by atoms with van der Waals surface area (Å²) in [6.45, 7) is 5.42. The third-order valence-electron chi connectivity index (χ3n) is 3.89. The highest BCUT2D eigenvalue weighted by Gasteiger charge is 2.17. The zero-order valence-corrected chi connectivity index (χ0v) is 12.0. The number of likely N-dealkylation sites (tertiary alicyclic amines) is 1. The third-order valence-corrected chi connectivity index (χ3v) is 3.89. The maximum atomic E-state index is 5.07. The van der Waals surface area contributed by atoms with E-state index in [0.717, 1.165) is 13.2 Å². The summed E-state index contributed by atoms with van der Waals surface area (Å²) < 4.78 is 5.07. The van der Waals surface area contributed by atoms with E-state index in [1.807, 2.05) is 0 Å². The number of nitrogens with zero attached hydrogens (tertiary/aromatic N) is 1. The molecule has 0 unspecified atom stereocenters. The Morgan fingerprint density at radius 2 is 1.95 bits per heavy atom. The molecule has 0 spiro atoms. The van der Waals surface area contributed by atoms with E-state index in [1.165, 1.54) is 44.5 Å².